The fourth-order valence-electron chi connectivity index (χ4n) is 5.55. The maximum Gasteiger partial charge on any atom is 0.416 e. The second-order valence-corrected chi connectivity index (χ2v) is 9.07. The van der Waals surface area contributed by atoms with Crippen LogP contribution < -0.4 is 5.32 Å². The highest BCUT2D eigenvalue weighted by Crippen LogP contribution is 2.48. The molecule has 3 N–H and O–H groups in total. The summed E-state index contributed by atoms with van der Waals surface area (Å²) < 4.78 is 1.33. The number of H-pyrrole nitrogens is 1. The number of aromatic amines is 1. The summed E-state index contributed by atoms with van der Waals surface area (Å²) in [6.07, 6.45) is 2.34. The molecule has 0 saturated heterocycles. The summed E-state index contributed by atoms with van der Waals surface area (Å²) >= 11 is 0. The smallest absolute Gasteiger partial charge is 0.416 e. The van der Waals surface area contributed by atoms with Gasteiger partial charge in [0, 0.05) is 28.7 Å². The molecule has 178 valence electrons. The first-order valence-electron chi connectivity index (χ1n) is 11.9. The lowest BCUT2D eigenvalue weighted by atomic mass is 9.97. The van der Waals surface area contributed by atoms with Crippen LogP contribution >= 0.6 is 0 Å². The second kappa shape index (κ2) is 7.93. The Hall–Kier alpha value is -5.17. The van der Waals surface area contributed by atoms with Crippen LogP contribution in [0.5, 0.6) is 0 Å². The molecule has 0 saturated carbocycles. The third kappa shape index (κ3) is 3.11. The molecule has 3 aromatic heterocycles. The molecule has 0 aliphatic heterocycles. The number of pyridine rings is 1. The van der Waals surface area contributed by atoms with Gasteiger partial charge in [0.1, 0.15) is 5.65 Å². The van der Waals surface area contributed by atoms with E-state index in [0.29, 0.717) is 22.4 Å². The van der Waals surface area contributed by atoms with E-state index >= 15 is 0 Å². The minimum absolute atomic E-state index is 0.204. The monoisotopic (exact) mass is 484 g/mol. The van der Waals surface area contributed by atoms with Crippen molar-refractivity contribution in [3.63, 3.8) is 0 Å². The summed E-state index contributed by atoms with van der Waals surface area (Å²) in [7, 11) is 0. The molecule has 0 fully saturated rings. The number of benzene rings is 3. The van der Waals surface area contributed by atoms with Gasteiger partial charge in [-0.3, -0.25) is 4.79 Å². The summed E-state index contributed by atoms with van der Waals surface area (Å²) in [5.74, 6) is -0.204. The fraction of sp³-hybridized carbons (Fsp3) is 0.0333. The van der Waals surface area contributed by atoms with Crippen LogP contribution in [-0.2, 0) is 0 Å². The van der Waals surface area contributed by atoms with Crippen molar-refractivity contribution in [3.05, 3.63) is 114 Å². The molecule has 1 amide bonds. The number of carbonyl (C=O) groups excluding carboxylic acids is 1. The normalized spacial score (nSPS) is 14.0. The van der Waals surface area contributed by atoms with E-state index in [1.54, 1.807) is 18.5 Å². The zero-order valence-electron chi connectivity index (χ0n) is 19.5. The number of fused-ring (bicyclic) bond motifs is 5. The van der Waals surface area contributed by atoms with Gasteiger partial charge in [0.05, 0.1) is 22.8 Å². The van der Waals surface area contributed by atoms with Crippen molar-refractivity contribution in [1.82, 2.24) is 19.9 Å². The van der Waals surface area contributed by atoms with Crippen molar-refractivity contribution >= 4 is 33.9 Å². The molecule has 0 spiro atoms. The first-order valence-corrected chi connectivity index (χ1v) is 11.9. The number of nitrogens with one attached hydrogen (secondary N) is 2. The lowest BCUT2D eigenvalue weighted by molar-refractivity contribution is 0.0945. The van der Waals surface area contributed by atoms with Gasteiger partial charge in [-0.1, -0.05) is 60.7 Å². The van der Waals surface area contributed by atoms with Gasteiger partial charge >= 0.3 is 6.09 Å². The van der Waals surface area contributed by atoms with Crippen molar-refractivity contribution in [3.8, 4) is 22.4 Å². The fourth-order valence-corrected chi connectivity index (χ4v) is 5.55. The lowest BCUT2D eigenvalue weighted by Gasteiger charge is -2.17. The van der Waals surface area contributed by atoms with Crippen LogP contribution in [0.25, 0.3) is 44.3 Å². The summed E-state index contributed by atoms with van der Waals surface area (Å²) in [5.41, 5.74) is 7.02. The minimum atomic E-state index is -1.04. The Morgan fingerprint density at radius 1 is 0.892 bits per heavy atom. The average molecular weight is 485 g/mol. The zero-order valence-corrected chi connectivity index (χ0v) is 19.5. The van der Waals surface area contributed by atoms with Gasteiger partial charge in [-0.05, 0) is 46.5 Å². The number of carboxylic acid groups (broad SMARTS) is 1. The Balaban J connectivity index is 1.40. The van der Waals surface area contributed by atoms with Crippen LogP contribution in [0.4, 0.5) is 4.79 Å². The molecule has 1 unspecified atom stereocenters. The van der Waals surface area contributed by atoms with Crippen LogP contribution in [0.1, 0.15) is 27.5 Å². The van der Waals surface area contributed by atoms with Crippen molar-refractivity contribution in [1.29, 1.82) is 0 Å². The topological polar surface area (TPSA) is 100 Å². The number of amides is 1. The van der Waals surface area contributed by atoms with Crippen LogP contribution in [-0.4, -0.2) is 31.6 Å². The molecular weight excluding hydrogens is 464 g/mol. The SMILES string of the molecule is O=C(NC1c2ccccc2-c2c(-c3cc4ccccc4n3C(=O)O)cccc21)c1ccnc2[nH]ccc12. The van der Waals surface area contributed by atoms with E-state index in [1.807, 2.05) is 78.9 Å². The third-order valence-electron chi connectivity index (χ3n) is 7.11. The second-order valence-electron chi connectivity index (χ2n) is 9.07. The van der Waals surface area contributed by atoms with E-state index in [9.17, 15) is 14.7 Å². The van der Waals surface area contributed by atoms with Gasteiger partial charge in [-0.15, -0.1) is 0 Å². The van der Waals surface area contributed by atoms with Crippen molar-refractivity contribution in [2.24, 2.45) is 0 Å². The highest BCUT2D eigenvalue weighted by molar-refractivity contribution is 6.06. The van der Waals surface area contributed by atoms with E-state index in [1.165, 1.54) is 4.57 Å². The van der Waals surface area contributed by atoms with Gasteiger partial charge in [0.15, 0.2) is 0 Å². The molecule has 7 rings (SSSR count). The summed E-state index contributed by atoms with van der Waals surface area (Å²) in [4.78, 5) is 33.2. The molecule has 1 aliphatic carbocycles. The van der Waals surface area contributed by atoms with E-state index in [4.69, 9.17) is 0 Å². The Kier molecular flexibility index (Phi) is 4.53. The quantitative estimate of drug-likeness (QED) is 0.278. The molecule has 0 radical (unpaired) electrons. The van der Waals surface area contributed by atoms with Crippen LogP contribution in [0, 0.1) is 0 Å². The Bertz CT molecular complexity index is 1880. The molecule has 1 aliphatic rings. The number of hydrogen-bond donors (Lipinski definition) is 3. The first-order chi connectivity index (χ1) is 18.1. The van der Waals surface area contributed by atoms with Crippen molar-refractivity contribution in [2.45, 2.75) is 6.04 Å². The zero-order chi connectivity index (χ0) is 25.1. The first kappa shape index (κ1) is 21.1. The summed E-state index contributed by atoms with van der Waals surface area (Å²) in [6, 6.07) is 26.3. The maximum atomic E-state index is 13.5. The van der Waals surface area contributed by atoms with Gasteiger partial charge in [0.2, 0.25) is 0 Å². The molecule has 3 heterocycles. The Morgan fingerprint density at radius 3 is 2.57 bits per heavy atom. The van der Waals surface area contributed by atoms with E-state index in [0.717, 1.165) is 38.6 Å². The van der Waals surface area contributed by atoms with Gasteiger partial charge in [-0.25, -0.2) is 14.3 Å². The molecule has 7 heteroatoms. The minimum Gasteiger partial charge on any atom is -0.464 e. The van der Waals surface area contributed by atoms with Gasteiger partial charge in [0.25, 0.3) is 5.91 Å². The number of rotatable bonds is 3. The molecule has 1 atom stereocenters. The van der Waals surface area contributed by atoms with Crippen LogP contribution in [0.3, 0.4) is 0 Å². The van der Waals surface area contributed by atoms with Crippen molar-refractivity contribution in [2.75, 3.05) is 0 Å². The van der Waals surface area contributed by atoms with Crippen LogP contribution in [0.15, 0.2) is 97.3 Å². The van der Waals surface area contributed by atoms with Crippen LogP contribution in [0.2, 0.25) is 0 Å². The highest BCUT2D eigenvalue weighted by Gasteiger charge is 2.33. The van der Waals surface area contributed by atoms with Crippen molar-refractivity contribution < 1.29 is 14.7 Å². The standard InChI is InChI=1S/C30H20N4O3/c35-29(21-13-15-32-28-20(21)12-14-31-28)33-27-19-8-3-2-7-18(19)26-22(9-5-10-23(26)27)25-16-17-6-1-4-11-24(17)34(25)30(36)37/h1-16,27H,(H,31,32)(H,33,35)(H,36,37). The maximum absolute atomic E-state index is 13.5. The average Bonchev–Trinajstić information content (AvgIpc) is 3.63. The van der Waals surface area contributed by atoms with E-state index in [2.05, 4.69) is 15.3 Å². The molecule has 6 aromatic rings. The molecular formula is C30H20N4O3. The number of hydrogen-bond acceptors (Lipinski definition) is 3. The molecule has 7 nitrogen and oxygen atoms in total. The number of aromatic nitrogens is 3. The Morgan fingerprint density at radius 2 is 1.68 bits per heavy atom. The lowest BCUT2D eigenvalue weighted by Crippen LogP contribution is -2.28. The highest BCUT2D eigenvalue weighted by atomic mass is 16.4. The Labute approximate surface area is 211 Å². The van der Waals surface area contributed by atoms with Gasteiger partial charge in [-0.2, -0.15) is 0 Å². The molecule has 3 aromatic carbocycles. The molecule has 0 bridgehead atoms. The summed E-state index contributed by atoms with van der Waals surface area (Å²) in [5, 5.41) is 15.0. The third-order valence-corrected chi connectivity index (χ3v) is 7.11. The molecule has 37 heavy (non-hydrogen) atoms. The largest absolute Gasteiger partial charge is 0.464 e. The summed E-state index contributed by atoms with van der Waals surface area (Å²) in [6.45, 7) is 0. The predicted molar refractivity (Wildman–Crippen MR) is 142 cm³/mol. The number of carbonyl (C=O) groups is 2. The predicted octanol–water partition coefficient (Wildman–Crippen LogP) is 6.21. The number of para-hydroxylation sites is 1. The van der Waals surface area contributed by atoms with Gasteiger partial charge < -0.3 is 15.4 Å². The van der Waals surface area contributed by atoms with E-state index in [-0.39, 0.29) is 11.9 Å². The number of nitrogens with zero attached hydrogens (tertiary/aromatic N) is 2. The van der Waals surface area contributed by atoms with E-state index < -0.39 is 6.09 Å².